The number of likely N-dealkylation sites (tertiary alicyclic amines) is 1. The van der Waals surface area contributed by atoms with Gasteiger partial charge in [0.15, 0.2) is 5.60 Å². The second-order valence-electron chi connectivity index (χ2n) is 9.18. The first-order chi connectivity index (χ1) is 14.1. The number of nitrogens with one attached hydrogen (secondary N) is 1. The summed E-state index contributed by atoms with van der Waals surface area (Å²) in [5.41, 5.74) is -0.666. The molecule has 0 unspecified atom stereocenters. The van der Waals surface area contributed by atoms with Gasteiger partial charge in [0, 0.05) is 34.3 Å². The number of aliphatic hydroxyl groups excluding tert-OH is 1. The van der Waals surface area contributed by atoms with Crippen LogP contribution in [0.1, 0.15) is 31.7 Å². The smallest absolute Gasteiger partial charge is 0.261 e. The molecule has 164 valence electrons. The van der Waals surface area contributed by atoms with Crippen molar-refractivity contribution in [1.82, 2.24) is 4.90 Å². The van der Waals surface area contributed by atoms with Crippen LogP contribution in [0.2, 0.25) is 23.7 Å². The van der Waals surface area contributed by atoms with Gasteiger partial charge in [0.2, 0.25) is 14.3 Å². The highest BCUT2D eigenvalue weighted by atomic mass is 35.5. The standard InChI is InChI=1S/C21H28ClFN2O4Si/c1-12-19(30(2,3)23)17(10-18(27)25-8-4-5-14(25)11-26)29-21(12)15-9-13(22)6-7-16(15)24-20(21)28/h6-7,9,12,14,17,19,26H,4-5,8,10-11H2,1-3H3,(H,24,28)/t12-,14-,17+,19-,21+/m0/s1. The normalized spacial score (nSPS) is 33.3. The van der Waals surface area contributed by atoms with Crippen LogP contribution in [0.4, 0.5) is 9.80 Å². The van der Waals surface area contributed by atoms with Gasteiger partial charge in [-0.25, -0.2) is 0 Å². The number of fused-ring (bicyclic) bond motifs is 2. The summed E-state index contributed by atoms with van der Waals surface area (Å²) in [6, 6.07) is 4.91. The third-order valence-corrected chi connectivity index (χ3v) is 9.65. The molecule has 0 saturated carbocycles. The Labute approximate surface area is 181 Å². The number of nitrogens with zero attached hydrogens (tertiary/aromatic N) is 1. The van der Waals surface area contributed by atoms with E-state index in [0.29, 0.717) is 22.8 Å². The molecule has 3 aliphatic rings. The fraction of sp³-hybridized carbons (Fsp3) is 0.619. The Kier molecular flexibility index (Phi) is 5.49. The number of hydrogen-bond donors (Lipinski definition) is 2. The molecule has 4 rings (SSSR count). The molecule has 5 atom stereocenters. The van der Waals surface area contributed by atoms with Gasteiger partial charge >= 0.3 is 0 Å². The van der Waals surface area contributed by atoms with E-state index in [1.165, 1.54) is 0 Å². The number of anilines is 1. The summed E-state index contributed by atoms with van der Waals surface area (Å²) in [6.45, 7) is 5.54. The predicted molar refractivity (Wildman–Crippen MR) is 115 cm³/mol. The quantitative estimate of drug-likeness (QED) is 0.539. The molecular formula is C21H28ClFN2O4Si. The fourth-order valence-electron chi connectivity index (χ4n) is 5.68. The number of halogens is 2. The van der Waals surface area contributed by atoms with Gasteiger partial charge in [-0.2, -0.15) is 0 Å². The molecule has 2 saturated heterocycles. The Balaban J connectivity index is 1.69. The zero-order valence-electron chi connectivity index (χ0n) is 17.5. The zero-order valence-corrected chi connectivity index (χ0v) is 19.2. The van der Waals surface area contributed by atoms with Crippen molar-refractivity contribution >= 4 is 37.5 Å². The van der Waals surface area contributed by atoms with Gasteiger partial charge in [-0.05, 0) is 44.1 Å². The first kappa shape index (κ1) is 21.7. The highest BCUT2D eigenvalue weighted by Gasteiger charge is 2.65. The summed E-state index contributed by atoms with van der Waals surface area (Å²) < 4.78 is 21.9. The Hall–Kier alpha value is -1.48. The minimum Gasteiger partial charge on any atom is -0.394 e. The van der Waals surface area contributed by atoms with E-state index in [0.717, 1.165) is 12.8 Å². The lowest BCUT2D eigenvalue weighted by atomic mass is 9.82. The van der Waals surface area contributed by atoms with Crippen molar-refractivity contribution < 1.29 is 23.5 Å². The molecule has 2 fully saturated rings. The molecule has 30 heavy (non-hydrogen) atoms. The largest absolute Gasteiger partial charge is 0.394 e. The predicted octanol–water partition coefficient (Wildman–Crippen LogP) is 3.44. The van der Waals surface area contributed by atoms with Gasteiger partial charge in [0.25, 0.3) is 5.91 Å². The SMILES string of the molecule is C[C@H]1[C@H]([Si](C)(C)F)[C@@H](CC(=O)N2CCC[C@H]2CO)O[C@]12C(=O)Nc1ccc(Cl)cc12. The Morgan fingerprint density at radius 2 is 2.20 bits per heavy atom. The number of ether oxygens (including phenoxy) is 1. The molecule has 1 aromatic carbocycles. The van der Waals surface area contributed by atoms with Crippen LogP contribution >= 0.6 is 11.6 Å². The summed E-state index contributed by atoms with van der Waals surface area (Å²) in [5, 5.41) is 12.9. The van der Waals surface area contributed by atoms with E-state index < -0.39 is 31.6 Å². The number of benzene rings is 1. The van der Waals surface area contributed by atoms with Crippen molar-refractivity contribution in [3.63, 3.8) is 0 Å². The van der Waals surface area contributed by atoms with E-state index in [2.05, 4.69) is 5.32 Å². The van der Waals surface area contributed by atoms with Crippen LogP contribution in [0.15, 0.2) is 18.2 Å². The average Bonchev–Trinajstić information content (AvgIpc) is 3.32. The maximum absolute atomic E-state index is 15.5. The van der Waals surface area contributed by atoms with Gasteiger partial charge in [-0.1, -0.05) is 18.5 Å². The molecule has 3 heterocycles. The van der Waals surface area contributed by atoms with Crippen LogP contribution in [0.5, 0.6) is 0 Å². The first-order valence-electron chi connectivity index (χ1n) is 10.5. The number of rotatable bonds is 4. The van der Waals surface area contributed by atoms with Crippen molar-refractivity contribution in [1.29, 1.82) is 0 Å². The van der Waals surface area contributed by atoms with Gasteiger partial charge < -0.3 is 24.2 Å². The van der Waals surface area contributed by atoms with Crippen LogP contribution < -0.4 is 5.32 Å². The second-order valence-corrected chi connectivity index (χ2v) is 13.4. The number of amides is 2. The molecule has 2 amide bonds. The third kappa shape index (κ3) is 3.28. The first-order valence-corrected chi connectivity index (χ1v) is 13.8. The maximum Gasteiger partial charge on any atom is 0.261 e. The molecule has 0 aromatic heterocycles. The van der Waals surface area contributed by atoms with E-state index in [4.69, 9.17) is 16.3 Å². The Morgan fingerprint density at radius 1 is 1.47 bits per heavy atom. The highest BCUT2D eigenvalue weighted by Crippen LogP contribution is 2.59. The minimum absolute atomic E-state index is 0.00319. The maximum atomic E-state index is 15.5. The van der Waals surface area contributed by atoms with Gasteiger partial charge in [0.05, 0.1) is 25.2 Å². The Morgan fingerprint density at radius 3 is 2.87 bits per heavy atom. The van der Waals surface area contributed by atoms with E-state index in [1.807, 2.05) is 6.92 Å². The molecule has 1 aromatic rings. The molecule has 1 spiro atoms. The molecule has 0 aliphatic carbocycles. The monoisotopic (exact) mass is 454 g/mol. The number of aliphatic hydroxyl groups is 1. The third-order valence-electron chi connectivity index (χ3n) is 6.96. The second kappa shape index (κ2) is 7.58. The van der Waals surface area contributed by atoms with E-state index in [9.17, 15) is 14.7 Å². The van der Waals surface area contributed by atoms with E-state index >= 15 is 4.11 Å². The Bertz CT molecular complexity index is 879. The lowest BCUT2D eigenvalue weighted by molar-refractivity contribution is -0.148. The van der Waals surface area contributed by atoms with Crippen molar-refractivity contribution in [2.75, 3.05) is 18.5 Å². The summed E-state index contributed by atoms with van der Waals surface area (Å²) in [6.07, 6.45) is 0.880. The topological polar surface area (TPSA) is 78.9 Å². The van der Waals surface area contributed by atoms with E-state index in [1.54, 1.807) is 36.2 Å². The lowest BCUT2D eigenvalue weighted by Crippen LogP contribution is -2.42. The van der Waals surface area contributed by atoms with Crippen molar-refractivity contribution in [3.05, 3.63) is 28.8 Å². The van der Waals surface area contributed by atoms with Crippen LogP contribution in [-0.4, -0.2) is 55.5 Å². The minimum atomic E-state index is -3.30. The van der Waals surface area contributed by atoms with Crippen LogP contribution in [-0.2, 0) is 19.9 Å². The molecular weight excluding hydrogens is 427 g/mol. The molecule has 9 heteroatoms. The van der Waals surface area contributed by atoms with Gasteiger partial charge in [-0.15, -0.1) is 0 Å². The average molecular weight is 455 g/mol. The summed E-state index contributed by atoms with van der Waals surface area (Å²) in [7, 11) is -3.30. The summed E-state index contributed by atoms with van der Waals surface area (Å²) in [4.78, 5) is 27.8. The molecule has 3 aliphatic heterocycles. The fourth-order valence-corrected chi connectivity index (χ4v) is 8.35. The van der Waals surface area contributed by atoms with E-state index in [-0.39, 0.29) is 30.9 Å². The van der Waals surface area contributed by atoms with Crippen molar-refractivity contribution in [2.24, 2.45) is 5.92 Å². The molecule has 0 bridgehead atoms. The number of hydrogen-bond acceptors (Lipinski definition) is 4. The van der Waals surface area contributed by atoms with Crippen molar-refractivity contribution in [3.8, 4) is 0 Å². The zero-order chi connectivity index (χ0) is 21.8. The van der Waals surface area contributed by atoms with Gasteiger partial charge in [0.1, 0.15) is 0 Å². The molecule has 6 nitrogen and oxygen atoms in total. The van der Waals surface area contributed by atoms with Crippen molar-refractivity contribution in [2.45, 2.75) is 62.6 Å². The van der Waals surface area contributed by atoms with Crippen LogP contribution in [0.3, 0.4) is 0 Å². The van der Waals surface area contributed by atoms with Gasteiger partial charge in [-0.3, -0.25) is 9.59 Å². The molecule has 2 N–H and O–H groups in total. The number of carbonyl (C=O) groups is 2. The number of carbonyl (C=O) groups excluding carboxylic acids is 2. The summed E-state index contributed by atoms with van der Waals surface area (Å²) >= 11 is 6.20. The molecule has 0 radical (unpaired) electrons. The summed E-state index contributed by atoms with van der Waals surface area (Å²) in [5.74, 6) is -0.942. The van der Waals surface area contributed by atoms with Crippen LogP contribution in [0, 0.1) is 5.92 Å². The lowest BCUT2D eigenvalue weighted by Gasteiger charge is -2.31. The highest BCUT2D eigenvalue weighted by molar-refractivity contribution is 6.72. The van der Waals surface area contributed by atoms with Crippen LogP contribution in [0.25, 0.3) is 0 Å².